The Bertz CT molecular complexity index is 540. The number of amides is 1. The van der Waals surface area contributed by atoms with Gasteiger partial charge in [0.2, 0.25) is 0 Å². The zero-order chi connectivity index (χ0) is 17.5. The van der Waals surface area contributed by atoms with Gasteiger partial charge in [-0.05, 0) is 44.9 Å². The van der Waals surface area contributed by atoms with E-state index < -0.39 is 0 Å². The van der Waals surface area contributed by atoms with E-state index in [-0.39, 0.29) is 12.5 Å². The Morgan fingerprint density at radius 3 is 2.58 bits per heavy atom. The van der Waals surface area contributed by atoms with Crippen LogP contribution in [0.2, 0.25) is 0 Å². The number of benzene rings is 1. The lowest BCUT2D eigenvalue weighted by molar-refractivity contribution is 0.0595. The lowest BCUT2D eigenvalue weighted by Crippen LogP contribution is -2.50. The Kier molecular flexibility index (Phi) is 6.87. The summed E-state index contributed by atoms with van der Waals surface area (Å²) < 4.78 is 5.65. The van der Waals surface area contributed by atoms with Gasteiger partial charge in [-0.2, -0.15) is 0 Å². The number of aliphatic hydroxyl groups is 1. The van der Waals surface area contributed by atoms with E-state index >= 15 is 0 Å². The maximum absolute atomic E-state index is 12.7. The van der Waals surface area contributed by atoms with Crippen molar-refractivity contribution >= 4 is 11.6 Å². The van der Waals surface area contributed by atoms with Crippen molar-refractivity contribution in [1.82, 2.24) is 9.80 Å². The normalized spacial score (nSPS) is 15.8. The Morgan fingerprint density at radius 2 is 1.96 bits per heavy atom. The van der Waals surface area contributed by atoms with Gasteiger partial charge in [-0.1, -0.05) is 0 Å². The summed E-state index contributed by atoms with van der Waals surface area (Å²) in [4.78, 5) is 17.0. The highest BCUT2D eigenvalue weighted by Gasteiger charge is 2.23. The summed E-state index contributed by atoms with van der Waals surface area (Å²) in [6.07, 6.45) is 1.45. The Labute approximate surface area is 144 Å². The van der Waals surface area contributed by atoms with Crippen molar-refractivity contribution in [2.24, 2.45) is 0 Å². The third-order valence-electron chi connectivity index (χ3n) is 4.40. The average Bonchev–Trinajstić information content (AvgIpc) is 2.59. The summed E-state index contributed by atoms with van der Waals surface area (Å²) in [6.45, 7) is 8.29. The number of rotatable bonds is 7. The second-order valence-corrected chi connectivity index (χ2v) is 6.45. The number of aliphatic hydroxyl groups excluding tert-OH is 1. The van der Waals surface area contributed by atoms with E-state index in [1.54, 1.807) is 18.2 Å². The summed E-state index contributed by atoms with van der Waals surface area (Å²) in [6, 6.07) is 5.72. The third-order valence-corrected chi connectivity index (χ3v) is 4.40. The largest absolute Gasteiger partial charge is 0.491 e. The number of carbonyl (C=O) groups excluding carboxylic acids is 1. The summed E-state index contributed by atoms with van der Waals surface area (Å²) >= 11 is 0. The molecule has 6 heteroatoms. The van der Waals surface area contributed by atoms with E-state index in [1.165, 1.54) is 0 Å². The van der Waals surface area contributed by atoms with Gasteiger partial charge >= 0.3 is 0 Å². The lowest BCUT2D eigenvalue weighted by atomic mass is 10.1. The number of hydrogen-bond acceptors (Lipinski definition) is 5. The van der Waals surface area contributed by atoms with Crippen molar-refractivity contribution in [3.05, 3.63) is 23.8 Å². The molecule has 0 unspecified atom stereocenters. The lowest BCUT2D eigenvalue weighted by Gasteiger charge is -2.37. The number of nitrogens with zero attached hydrogens (tertiary/aromatic N) is 2. The Hall–Kier alpha value is -1.79. The smallest absolute Gasteiger partial charge is 0.254 e. The Balaban J connectivity index is 1.97. The highest BCUT2D eigenvalue weighted by Crippen LogP contribution is 2.24. The first kappa shape index (κ1) is 18.5. The van der Waals surface area contributed by atoms with Crippen LogP contribution in [0.4, 0.5) is 5.69 Å². The second-order valence-electron chi connectivity index (χ2n) is 6.45. The molecular weight excluding hydrogens is 306 g/mol. The van der Waals surface area contributed by atoms with Crippen LogP contribution in [-0.2, 0) is 0 Å². The van der Waals surface area contributed by atoms with Gasteiger partial charge in [-0.25, -0.2) is 0 Å². The molecular formula is C18H29N3O3. The number of piperazine rings is 1. The maximum atomic E-state index is 12.7. The van der Waals surface area contributed by atoms with Crippen LogP contribution in [0.3, 0.4) is 0 Å². The molecule has 24 heavy (non-hydrogen) atoms. The summed E-state index contributed by atoms with van der Waals surface area (Å²) in [7, 11) is 0. The average molecular weight is 335 g/mol. The molecule has 0 aromatic heterocycles. The standard InChI is InChI=1S/C18H29N3O3/c1-14(2)20-7-9-21(10-8-20)18(23)15-5-6-16(19)17(13-15)24-12-4-3-11-22/h5-6,13-14,22H,3-4,7-12,19H2,1-2H3. The molecule has 0 atom stereocenters. The Morgan fingerprint density at radius 1 is 1.25 bits per heavy atom. The van der Waals surface area contributed by atoms with Crippen LogP contribution >= 0.6 is 0 Å². The first-order valence-corrected chi connectivity index (χ1v) is 8.69. The van der Waals surface area contributed by atoms with Gasteiger partial charge in [0, 0.05) is 44.4 Å². The molecule has 0 bridgehead atoms. The van der Waals surface area contributed by atoms with Crippen molar-refractivity contribution in [2.45, 2.75) is 32.7 Å². The first-order valence-electron chi connectivity index (χ1n) is 8.69. The van der Waals surface area contributed by atoms with E-state index in [2.05, 4.69) is 18.7 Å². The molecule has 134 valence electrons. The first-order chi connectivity index (χ1) is 11.5. The van der Waals surface area contributed by atoms with E-state index in [9.17, 15) is 4.79 Å². The molecule has 1 aliphatic rings. The molecule has 0 aliphatic carbocycles. The third kappa shape index (κ3) is 4.85. The van der Waals surface area contributed by atoms with Crippen LogP contribution < -0.4 is 10.5 Å². The molecule has 0 radical (unpaired) electrons. The van der Waals surface area contributed by atoms with Crippen molar-refractivity contribution in [1.29, 1.82) is 0 Å². The van der Waals surface area contributed by atoms with E-state index in [0.717, 1.165) is 32.6 Å². The van der Waals surface area contributed by atoms with E-state index in [4.69, 9.17) is 15.6 Å². The number of anilines is 1. The minimum Gasteiger partial charge on any atom is -0.491 e. The number of ether oxygens (including phenoxy) is 1. The minimum absolute atomic E-state index is 0.0265. The number of unbranched alkanes of at least 4 members (excludes halogenated alkanes) is 1. The van der Waals surface area contributed by atoms with Gasteiger partial charge in [-0.3, -0.25) is 9.69 Å². The predicted molar refractivity (Wildman–Crippen MR) is 95.3 cm³/mol. The van der Waals surface area contributed by atoms with Crippen LogP contribution in [-0.4, -0.2) is 66.2 Å². The second kappa shape index (κ2) is 8.89. The predicted octanol–water partition coefficient (Wildman–Crippen LogP) is 1.59. The molecule has 2 rings (SSSR count). The highest BCUT2D eigenvalue weighted by molar-refractivity contribution is 5.95. The molecule has 1 aliphatic heterocycles. The molecule has 1 amide bonds. The summed E-state index contributed by atoms with van der Waals surface area (Å²) in [5, 5.41) is 8.80. The van der Waals surface area contributed by atoms with Gasteiger partial charge in [-0.15, -0.1) is 0 Å². The molecule has 3 N–H and O–H groups in total. The number of nitrogen functional groups attached to an aromatic ring is 1. The van der Waals surface area contributed by atoms with Crippen LogP contribution in [0, 0.1) is 0 Å². The van der Waals surface area contributed by atoms with Crippen LogP contribution in [0.15, 0.2) is 18.2 Å². The quantitative estimate of drug-likeness (QED) is 0.584. The van der Waals surface area contributed by atoms with Crippen molar-refractivity contribution in [2.75, 3.05) is 45.1 Å². The van der Waals surface area contributed by atoms with Crippen LogP contribution in [0.1, 0.15) is 37.0 Å². The molecule has 0 spiro atoms. The molecule has 1 aromatic carbocycles. The number of carbonyl (C=O) groups is 1. The van der Waals surface area contributed by atoms with Crippen molar-refractivity contribution < 1.29 is 14.6 Å². The summed E-state index contributed by atoms with van der Waals surface area (Å²) in [5.41, 5.74) is 7.07. The van der Waals surface area contributed by atoms with Gasteiger partial charge in [0.25, 0.3) is 5.91 Å². The molecule has 1 aromatic rings. The number of nitrogens with two attached hydrogens (primary N) is 1. The van der Waals surface area contributed by atoms with Gasteiger partial charge in [0.05, 0.1) is 12.3 Å². The van der Waals surface area contributed by atoms with Crippen molar-refractivity contribution in [3.63, 3.8) is 0 Å². The molecule has 1 saturated heterocycles. The summed E-state index contributed by atoms with van der Waals surface area (Å²) in [5.74, 6) is 0.568. The van der Waals surface area contributed by atoms with Gasteiger partial charge < -0.3 is 20.5 Å². The van der Waals surface area contributed by atoms with Crippen LogP contribution in [0.5, 0.6) is 5.75 Å². The van der Waals surface area contributed by atoms with Crippen molar-refractivity contribution in [3.8, 4) is 5.75 Å². The maximum Gasteiger partial charge on any atom is 0.254 e. The topological polar surface area (TPSA) is 79.0 Å². The van der Waals surface area contributed by atoms with Crippen LogP contribution in [0.25, 0.3) is 0 Å². The SMILES string of the molecule is CC(C)N1CCN(C(=O)c2ccc(N)c(OCCCCO)c2)CC1. The molecule has 1 heterocycles. The van der Waals surface area contributed by atoms with Gasteiger partial charge in [0.15, 0.2) is 0 Å². The van der Waals surface area contributed by atoms with E-state index in [1.807, 2.05) is 4.90 Å². The molecule has 6 nitrogen and oxygen atoms in total. The zero-order valence-corrected chi connectivity index (χ0v) is 14.7. The van der Waals surface area contributed by atoms with Gasteiger partial charge in [0.1, 0.15) is 5.75 Å². The highest BCUT2D eigenvalue weighted by atomic mass is 16.5. The molecule has 0 saturated carbocycles. The van der Waals surface area contributed by atoms with E-state index in [0.29, 0.717) is 36.1 Å². The fourth-order valence-electron chi connectivity index (χ4n) is 2.81. The monoisotopic (exact) mass is 335 g/mol. The fraction of sp³-hybridized carbons (Fsp3) is 0.611. The fourth-order valence-corrected chi connectivity index (χ4v) is 2.81. The number of hydrogen-bond donors (Lipinski definition) is 2. The molecule has 1 fully saturated rings. The zero-order valence-electron chi connectivity index (χ0n) is 14.7. The minimum atomic E-state index is 0.0265.